The van der Waals surface area contributed by atoms with Crippen LogP contribution in [0.15, 0.2) is 35.1 Å². The van der Waals surface area contributed by atoms with E-state index >= 15 is 0 Å². The Labute approximate surface area is 88.8 Å². The van der Waals surface area contributed by atoms with Gasteiger partial charge >= 0.3 is 0 Å². The Hall–Kier alpha value is -1.16. The van der Waals surface area contributed by atoms with Crippen LogP contribution in [0.4, 0.5) is 4.39 Å². The number of alkyl halides is 1. The van der Waals surface area contributed by atoms with Crippen molar-refractivity contribution in [1.82, 2.24) is 4.98 Å². The number of hydrogen-bond donors (Lipinski definition) is 0. The Morgan fingerprint density at radius 3 is 3.00 bits per heavy atom. The van der Waals surface area contributed by atoms with Gasteiger partial charge in [0.1, 0.15) is 5.75 Å². The van der Waals surface area contributed by atoms with Crippen LogP contribution in [0.1, 0.15) is 0 Å². The Kier molecular flexibility index (Phi) is 2.63. The van der Waals surface area contributed by atoms with Crippen molar-refractivity contribution in [3.05, 3.63) is 35.1 Å². The summed E-state index contributed by atoms with van der Waals surface area (Å²) in [6.45, 7) is -0.829. The lowest BCUT2D eigenvalue weighted by atomic mass is 10.2. The number of ether oxygens (including phenoxy) is 1. The summed E-state index contributed by atoms with van der Waals surface area (Å²) in [4.78, 5) is 4.00. The summed E-state index contributed by atoms with van der Waals surface area (Å²) in [6.07, 6.45) is 3.43. The maximum Gasteiger partial charge on any atom is 0.228 e. The number of fused-ring (bicyclic) bond motifs is 1. The molecule has 0 atom stereocenters. The quantitative estimate of drug-likeness (QED) is 0.822. The zero-order chi connectivity index (χ0) is 9.97. The van der Waals surface area contributed by atoms with Crippen LogP contribution in [-0.2, 0) is 0 Å². The molecule has 0 radical (unpaired) electrons. The van der Waals surface area contributed by atoms with Crippen molar-refractivity contribution >= 4 is 26.7 Å². The molecule has 14 heavy (non-hydrogen) atoms. The molecule has 0 unspecified atom stereocenters. The Balaban J connectivity index is 2.63. The van der Waals surface area contributed by atoms with E-state index in [0.29, 0.717) is 5.75 Å². The number of hydrogen-bond acceptors (Lipinski definition) is 2. The van der Waals surface area contributed by atoms with Crippen molar-refractivity contribution in [3.63, 3.8) is 0 Å². The van der Waals surface area contributed by atoms with Crippen LogP contribution in [0.2, 0.25) is 0 Å². The van der Waals surface area contributed by atoms with E-state index in [1.54, 1.807) is 18.5 Å². The summed E-state index contributed by atoms with van der Waals surface area (Å²) in [5, 5.41) is 1.96. The van der Waals surface area contributed by atoms with Gasteiger partial charge in [-0.25, -0.2) is 4.39 Å². The zero-order valence-electron chi connectivity index (χ0n) is 7.21. The second kappa shape index (κ2) is 3.92. The molecular formula is C10H7BrFNO. The summed E-state index contributed by atoms with van der Waals surface area (Å²) in [7, 11) is 0. The third-order valence-electron chi connectivity index (χ3n) is 1.93. The van der Waals surface area contributed by atoms with Crippen molar-refractivity contribution in [1.29, 1.82) is 0 Å². The highest BCUT2D eigenvalue weighted by molar-refractivity contribution is 9.10. The molecule has 72 valence electrons. The second-order valence-corrected chi connectivity index (χ2v) is 3.52. The molecule has 0 saturated carbocycles. The van der Waals surface area contributed by atoms with Crippen LogP contribution in [0, 0.1) is 0 Å². The highest BCUT2D eigenvalue weighted by Gasteiger charge is 2.05. The van der Waals surface area contributed by atoms with E-state index in [0.717, 1.165) is 15.2 Å². The third kappa shape index (κ3) is 1.57. The van der Waals surface area contributed by atoms with E-state index in [2.05, 4.69) is 20.9 Å². The molecule has 0 aliphatic rings. The van der Waals surface area contributed by atoms with Crippen LogP contribution >= 0.6 is 15.9 Å². The summed E-state index contributed by atoms with van der Waals surface area (Å²) < 4.78 is 17.5. The van der Waals surface area contributed by atoms with Gasteiger partial charge in [0, 0.05) is 17.8 Å². The molecule has 0 saturated heterocycles. The molecule has 0 bridgehead atoms. The van der Waals surface area contributed by atoms with Gasteiger partial charge in [0.25, 0.3) is 0 Å². The molecule has 2 nitrogen and oxygen atoms in total. The Bertz CT molecular complexity index is 461. The molecule has 4 heteroatoms. The first-order valence-corrected chi connectivity index (χ1v) is 4.83. The van der Waals surface area contributed by atoms with Gasteiger partial charge in [-0.2, -0.15) is 0 Å². The first-order valence-electron chi connectivity index (χ1n) is 4.04. The first-order chi connectivity index (χ1) is 6.83. The minimum Gasteiger partial charge on any atom is -0.462 e. The fourth-order valence-electron chi connectivity index (χ4n) is 1.28. The van der Waals surface area contributed by atoms with E-state index in [1.165, 1.54) is 0 Å². The van der Waals surface area contributed by atoms with Crippen molar-refractivity contribution in [2.75, 3.05) is 6.86 Å². The molecule has 0 aliphatic carbocycles. The maximum atomic E-state index is 12.0. The molecule has 0 aliphatic heterocycles. The monoisotopic (exact) mass is 255 g/mol. The predicted molar refractivity (Wildman–Crippen MR) is 56.0 cm³/mol. The number of halogens is 2. The molecule has 2 rings (SSSR count). The van der Waals surface area contributed by atoms with Gasteiger partial charge in [-0.3, -0.25) is 4.98 Å². The van der Waals surface area contributed by atoms with Gasteiger partial charge in [-0.05, 0) is 33.4 Å². The maximum absolute atomic E-state index is 12.0. The summed E-state index contributed by atoms with van der Waals surface area (Å²) in [5.41, 5.74) is 0. The Morgan fingerprint density at radius 2 is 2.21 bits per heavy atom. The lowest BCUT2D eigenvalue weighted by Gasteiger charge is -2.06. The number of nitrogens with zero attached hydrogens (tertiary/aromatic N) is 1. The molecular weight excluding hydrogens is 249 g/mol. The van der Waals surface area contributed by atoms with Crippen molar-refractivity contribution in [3.8, 4) is 5.75 Å². The highest BCUT2D eigenvalue weighted by Crippen LogP contribution is 2.32. The van der Waals surface area contributed by atoms with E-state index in [1.807, 2.05) is 12.1 Å². The summed E-state index contributed by atoms with van der Waals surface area (Å²) >= 11 is 3.35. The number of aromatic nitrogens is 1. The highest BCUT2D eigenvalue weighted by atomic mass is 79.9. The van der Waals surface area contributed by atoms with Crippen LogP contribution in [0.25, 0.3) is 10.8 Å². The molecule has 1 aromatic heterocycles. The fraction of sp³-hybridized carbons (Fsp3) is 0.100. The second-order valence-electron chi connectivity index (χ2n) is 2.73. The SMILES string of the molecule is FCOc1ccc2ccncc2c1Br. The van der Waals surface area contributed by atoms with Crippen LogP contribution in [0.3, 0.4) is 0 Å². The van der Waals surface area contributed by atoms with E-state index < -0.39 is 6.86 Å². The summed E-state index contributed by atoms with van der Waals surface area (Å²) in [5.74, 6) is 0.494. The first kappa shape index (κ1) is 9.40. The van der Waals surface area contributed by atoms with Gasteiger partial charge in [0.05, 0.1) is 4.47 Å². The smallest absolute Gasteiger partial charge is 0.228 e. The topological polar surface area (TPSA) is 22.1 Å². The van der Waals surface area contributed by atoms with Gasteiger partial charge < -0.3 is 4.74 Å². The molecule has 0 spiro atoms. The molecule has 1 aromatic carbocycles. The lowest BCUT2D eigenvalue weighted by molar-refractivity contribution is 0.191. The van der Waals surface area contributed by atoms with Gasteiger partial charge in [-0.15, -0.1) is 0 Å². The minimum atomic E-state index is -0.829. The van der Waals surface area contributed by atoms with E-state index in [4.69, 9.17) is 4.74 Å². The molecule has 0 fully saturated rings. The average molecular weight is 256 g/mol. The van der Waals surface area contributed by atoms with E-state index in [-0.39, 0.29) is 0 Å². The van der Waals surface area contributed by atoms with Crippen LogP contribution in [-0.4, -0.2) is 11.8 Å². The van der Waals surface area contributed by atoms with Crippen molar-refractivity contribution in [2.24, 2.45) is 0 Å². The third-order valence-corrected chi connectivity index (χ3v) is 2.75. The minimum absolute atomic E-state index is 0.494. The molecule has 1 heterocycles. The summed E-state index contributed by atoms with van der Waals surface area (Å²) in [6, 6.07) is 5.48. The zero-order valence-corrected chi connectivity index (χ0v) is 8.79. The van der Waals surface area contributed by atoms with Gasteiger partial charge in [0.2, 0.25) is 6.86 Å². The average Bonchev–Trinajstić information content (AvgIpc) is 2.23. The largest absolute Gasteiger partial charge is 0.462 e. The molecule has 0 N–H and O–H groups in total. The van der Waals surface area contributed by atoms with Crippen LogP contribution < -0.4 is 4.74 Å². The Morgan fingerprint density at radius 1 is 1.36 bits per heavy atom. The number of pyridine rings is 1. The molecule has 2 aromatic rings. The number of benzene rings is 1. The standard InChI is InChI=1S/C10H7BrFNO/c11-10-8-5-13-4-3-7(8)1-2-9(10)14-6-12/h1-5H,6H2. The fourth-order valence-corrected chi connectivity index (χ4v) is 1.85. The predicted octanol–water partition coefficient (Wildman–Crippen LogP) is 3.30. The molecule has 0 amide bonds. The van der Waals surface area contributed by atoms with Crippen LogP contribution in [0.5, 0.6) is 5.75 Å². The van der Waals surface area contributed by atoms with Crippen molar-refractivity contribution < 1.29 is 9.13 Å². The van der Waals surface area contributed by atoms with E-state index in [9.17, 15) is 4.39 Å². The van der Waals surface area contributed by atoms with Gasteiger partial charge in [0.15, 0.2) is 0 Å². The normalized spacial score (nSPS) is 10.4. The lowest BCUT2D eigenvalue weighted by Crippen LogP contribution is -1.91. The number of rotatable bonds is 2. The van der Waals surface area contributed by atoms with Gasteiger partial charge in [-0.1, -0.05) is 6.07 Å². The van der Waals surface area contributed by atoms with Crippen molar-refractivity contribution in [2.45, 2.75) is 0 Å².